The lowest BCUT2D eigenvalue weighted by atomic mass is 10.1. The summed E-state index contributed by atoms with van der Waals surface area (Å²) in [5.74, 6) is -0.155. The van der Waals surface area contributed by atoms with E-state index in [1.807, 2.05) is 43.3 Å². The Morgan fingerprint density at radius 3 is 2.45 bits per heavy atom. The van der Waals surface area contributed by atoms with E-state index in [9.17, 15) is 19.2 Å². The highest BCUT2D eigenvalue weighted by molar-refractivity contribution is 6.13. The van der Waals surface area contributed by atoms with Gasteiger partial charge in [0.1, 0.15) is 6.61 Å². The maximum Gasteiger partial charge on any atom is 0.307 e. The van der Waals surface area contributed by atoms with Gasteiger partial charge < -0.3 is 28.9 Å². The van der Waals surface area contributed by atoms with Gasteiger partial charge in [-0.3, -0.25) is 19.2 Å². The van der Waals surface area contributed by atoms with Gasteiger partial charge in [0.25, 0.3) is 5.91 Å². The number of hydrogen-bond acceptors (Lipinski definition) is 9. The van der Waals surface area contributed by atoms with Crippen LogP contribution in [0.4, 0.5) is 17.1 Å². The molecule has 0 spiro atoms. The van der Waals surface area contributed by atoms with Crippen molar-refractivity contribution in [1.82, 2.24) is 0 Å². The molecule has 10 nitrogen and oxygen atoms in total. The normalized spacial score (nSPS) is 17.3. The third-order valence-electron chi connectivity index (χ3n) is 9.31. The number of likely N-dealkylation sites (N-methyl/N-ethyl adjacent to an activating group) is 1. The molecule has 246 valence electrons. The summed E-state index contributed by atoms with van der Waals surface area (Å²) >= 11 is 0. The number of ether oxygens (including phenoxy) is 3. The number of nitrogens with zero attached hydrogens (tertiary/aromatic N) is 3. The van der Waals surface area contributed by atoms with Crippen molar-refractivity contribution in [3.63, 3.8) is 0 Å². The first-order chi connectivity index (χ1) is 22.7. The van der Waals surface area contributed by atoms with Crippen molar-refractivity contribution in [1.29, 1.82) is 0 Å². The molecule has 1 saturated carbocycles. The molecule has 1 fully saturated rings. The van der Waals surface area contributed by atoms with Crippen molar-refractivity contribution in [2.45, 2.75) is 64.2 Å². The molecule has 0 unspecified atom stereocenters. The molecule has 0 aromatic heterocycles. The summed E-state index contributed by atoms with van der Waals surface area (Å²) in [4.78, 5) is 55.9. The Morgan fingerprint density at radius 1 is 0.957 bits per heavy atom. The Balaban J connectivity index is 1.14. The van der Waals surface area contributed by atoms with Crippen LogP contribution in [-0.2, 0) is 38.6 Å². The molecule has 0 saturated heterocycles. The van der Waals surface area contributed by atoms with Crippen molar-refractivity contribution in [3.8, 4) is 11.5 Å². The lowest BCUT2D eigenvalue weighted by Gasteiger charge is -2.25. The number of Topliss-reactive ketones (excluding diaryl/α,β-unsaturated/α-hetero) is 2. The summed E-state index contributed by atoms with van der Waals surface area (Å²) in [7, 11) is 5.55. The van der Waals surface area contributed by atoms with Gasteiger partial charge in [-0.1, -0.05) is 31.2 Å². The zero-order chi connectivity index (χ0) is 33.2. The summed E-state index contributed by atoms with van der Waals surface area (Å²) in [5.41, 5.74) is 6.65. The fourth-order valence-corrected chi connectivity index (χ4v) is 6.75. The number of amides is 1. The zero-order valence-corrected chi connectivity index (χ0v) is 27.4. The number of methoxy groups -OCH3 is 1. The number of aryl methyl sites for hydroxylation is 1. The highest BCUT2D eigenvalue weighted by Gasteiger charge is 2.39. The lowest BCUT2D eigenvalue weighted by molar-refractivity contribution is -0.157. The number of hydrogen-bond donors (Lipinski definition) is 0. The number of carbonyl (C=O) groups excluding carboxylic acids is 4. The third kappa shape index (κ3) is 6.54. The van der Waals surface area contributed by atoms with Gasteiger partial charge in [-0.25, -0.2) is 0 Å². The van der Waals surface area contributed by atoms with Gasteiger partial charge in [-0.2, -0.15) is 0 Å². The molecular formula is C37H41N3O7. The van der Waals surface area contributed by atoms with Crippen LogP contribution in [0.2, 0.25) is 0 Å². The van der Waals surface area contributed by atoms with Crippen LogP contribution in [0.25, 0.3) is 0 Å². The second-order valence-corrected chi connectivity index (χ2v) is 12.5. The van der Waals surface area contributed by atoms with Crippen molar-refractivity contribution in [2.24, 2.45) is 0 Å². The topological polar surface area (TPSA) is 106 Å². The average Bonchev–Trinajstić information content (AvgIpc) is 3.57. The smallest absolute Gasteiger partial charge is 0.307 e. The summed E-state index contributed by atoms with van der Waals surface area (Å²) in [5, 5.41) is 0. The third-order valence-corrected chi connectivity index (χ3v) is 9.31. The second kappa shape index (κ2) is 13.5. The predicted molar refractivity (Wildman–Crippen MR) is 179 cm³/mol. The van der Waals surface area contributed by atoms with Gasteiger partial charge in [-0.15, -0.1) is 0 Å². The molecule has 1 atom stereocenters. The summed E-state index contributed by atoms with van der Waals surface area (Å²) < 4.78 is 17.3. The lowest BCUT2D eigenvalue weighted by Crippen LogP contribution is -2.41. The van der Waals surface area contributed by atoms with Gasteiger partial charge in [-0.05, 0) is 60.2 Å². The maximum atomic E-state index is 13.9. The van der Waals surface area contributed by atoms with Gasteiger partial charge >= 0.3 is 5.97 Å². The number of benzene rings is 3. The molecule has 3 aliphatic rings. The van der Waals surface area contributed by atoms with E-state index in [0.29, 0.717) is 43.2 Å². The van der Waals surface area contributed by atoms with E-state index in [2.05, 4.69) is 41.0 Å². The van der Waals surface area contributed by atoms with Crippen LogP contribution in [0.5, 0.6) is 11.5 Å². The highest BCUT2D eigenvalue weighted by atomic mass is 16.6. The number of fused-ring (bicyclic) bond motifs is 4. The molecule has 10 heteroatoms. The number of carbonyl (C=O) groups is 4. The first-order valence-electron chi connectivity index (χ1n) is 16.2. The van der Waals surface area contributed by atoms with Gasteiger partial charge in [0.05, 0.1) is 24.4 Å². The van der Waals surface area contributed by atoms with E-state index >= 15 is 0 Å². The standard InChI is InChI=1S/C37H41N3O7/c1-5-23-15-24(17-26(16-23)38(2)14-8-11-35(43)47-36-31(41)12-13-32(36)42)22-46-34-20-30-28(19-33(34)45-4)37(44)40-27(21-39(30)3)18-25-9-6-7-10-29(25)40/h6-7,9-10,15-17,19-20,27,36H,5,8,11-14,18,21-22H2,1-4H3/t27-/m0/s1. The largest absolute Gasteiger partial charge is 0.493 e. The van der Waals surface area contributed by atoms with Crippen molar-refractivity contribution >= 4 is 40.5 Å². The van der Waals surface area contributed by atoms with Gasteiger partial charge in [0.15, 0.2) is 23.1 Å². The molecule has 1 aliphatic carbocycles. The molecule has 0 radical (unpaired) electrons. The molecular weight excluding hydrogens is 598 g/mol. The van der Waals surface area contributed by atoms with E-state index in [0.717, 1.165) is 41.0 Å². The van der Waals surface area contributed by atoms with Crippen molar-refractivity contribution < 1.29 is 33.4 Å². The Hall–Kier alpha value is -4.86. The average molecular weight is 640 g/mol. The molecule has 3 aromatic carbocycles. The minimum absolute atomic E-state index is 0.0405. The van der Waals surface area contributed by atoms with Crippen LogP contribution in [0, 0.1) is 0 Å². The Bertz CT molecular complexity index is 1700. The van der Waals surface area contributed by atoms with E-state index < -0.39 is 12.1 Å². The van der Waals surface area contributed by atoms with Gasteiger partial charge in [0, 0.05) is 63.9 Å². The monoisotopic (exact) mass is 639 g/mol. The van der Waals surface area contributed by atoms with Crippen molar-refractivity contribution in [2.75, 3.05) is 49.0 Å². The van der Waals surface area contributed by atoms with Crippen LogP contribution in [-0.4, -0.2) is 69.9 Å². The highest BCUT2D eigenvalue weighted by Crippen LogP contribution is 2.42. The molecule has 3 aromatic rings. The first-order valence-corrected chi connectivity index (χ1v) is 16.2. The predicted octanol–water partition coefficient (Wildman–Crippen LogP) is 4.92. The molecule has 1 amide bonds. The summed E-state index contributed by atoms with van der Waals surface area (Å²) in [6.45, 7) is 3.66. The number of para-hydroxylation sites is 1. The Kier molecular flexibility index (Phi) is 9.20. The van der Waals surface area contributed by atoms with Crippen LogP contribution in [0.1, 0.15) is 59.7 Å². The molecule has 47 heavy (non-hydrogen) atoms. The quantitative estimate of drug-likeness (QED) is 0.214. The number of esters is 1. The fraction of sp³-hybridized carbons (Fsp3) is 0.405. The second-order valence-electron chi connectivity index (χ2n) is 12.5. The molecule has 0 N–H and O–H groups in total. The van der Waals surface area contributed by atoms with Crippen LogP contribution >= 0.6 is 0 Å². The maximum absolute atomic E-state index is 13.9. The minimum Gasteiger partial charge on any atom is -0.493 e. The minimum atomic E-state index is -1.22. The molecule has 0 bridgehead atoms. The van der Waals surface area contributed by atoms with E-state index in [1.54, 1.807) is 13.2 Å². The van der Waals surface area contributed by atoms with Gasteiger partial charge in [0.2, 0.25) is 6.10 Å². The summed E-state index contributed by atoms with van der Waals surface area (Å²) in [6.07, 6.45) is 1.34. The molecule has 2 heterocycles. The van der Waals surface area contributed by atoms with Crippen LogP contribution in [0.15, 0.2) is 54.6 Å². The van der Waals surface area contributed by atoms with E-state index in [1.165, 1.54) is 5.56 Å². The van der Waals surface area contributed by atoms with E-state index in [4.69, 9.17) is 14.2 Å². The SMILES string of the molecule is CCc1cc(COc2cc3c(cc2OC)C(=O)N2c4ccccc4C[C@H]2CN3C)cc(N(C)CCCC(=O)OC2C(=O)CCC2=O)c1. The summed E-state index contributed by atoms with van der Waals surface area (Å²) in [6, 6.07) is 18.1. The zero-order valence-electron chi connectivity index (χ0n) is 27.4. The van der Waals surface area contributed by atoms with Crippen LogP contribution in [0.3, 0.4) is 0 Å². The Morgan fingerprint density at radius 2 is 1.70 bits per heavy atom. The van der Waals surface area contributed by atoms with Crippen LogP contribution < -0.4 is 24.2 Å². The van der Waals surface area contributed by atoms with E-state index in [-0.39, 0.29) is 42.8 Å². The van der Waals surface area contributed by atoms with Crippen molar-refractivity contribution in [3.05, 3.63) is 76.9 Å². The Labute approximate surface area is 275 Å². The number of rotatable bonds is 11. The molecule has 6 rings (SSSR count). The number of ketones is 2. The fourth-order valence-electron chi connectivity index (χ4n) is 6.75. The molecule has 2 aliphatic heterocycles. The first kappa shape index (κ1) is 32.1. The number of anilines is 3.